The van der Waals surface area contributed by atoms with Crippen LogP contribution in [0.2, 0.25) is 0 Å². The van der Waals surface area contributed by atoms with Gasteiger partial charge in [-0.1, -0.05) is 37.5 Å². The van der Waals surface area contributed by atoms with Crippen molar-refractivity contribution in [3.05, 3.63) is 30.1 Å². The smallest absolute Gasteiger partial charge is 0.0473 e. The lowest BCUT2D eigenvalue weighted by atomic mass is 9.79. The van der Waals surface area contributed by atoms with Gasteiger partial charge in [-0.3, -0.25) is 4.98 Å². The number of hydrogen-bond donors (Lipinski definition) is 1. The maximum Gasteiger partial charge on any atom is 0.0473 e. The van der Waals surface area contributed by atoms with Gasteiger partial charge in [0.15, 0.2) is 0 Å². The van der Waals surface area contributed by atoms with Crippen molar-refractivity contribution in [2.75, 3.05) is 0 Å². The highest BCUT2D eigenvalue weighted by molar-refractivity contribution is 7.80. The fourth-order valence-electron chi connectivity index (χ4n) is 2.51. The molecule has 0 amide bonds. The molecule has 0 atom stereocenters. The van der Waals surface area contributed by atoms with E-state index in [9.17, 15) is 0 Å². The van der Waals surface area contributed by atoms with Crippen molar-refractivity contribution >= 4 is 17.1 Å². The molecule has 1 aromatic rings. The van der Waals surface area contributed by atoms with Gasteiger partial charge in [0.05, 0.1) is 0 Å². The van der Waals surface area contributed by atoms with Gasteiger partial charge in [0.1, 0.15) is 0 Å². The second-order valence-electron chi connectivity index (χ2n) is 5.00. The number of nitrogens with zero attached hydrogens (tertiary/aromatic N) is 1. The molecule has 17 heavy (non-hydrogen) atoms. The third kappa shape index (κ3) is 3.33. The first kappa shape index (κ1) is 12.7. The van der Waals surface area contributed by atoms with Crippen LogP contribution in [0.4, 0.5) is 0 Å². The molecule has 1 heterocycles. The summed E-state index contributed by atoms with van der Waals surface area (Å²) in [5, 5.41) is 0. The summed E-state index contributed by atoms with van der Waals surface area (Å²) in [5.41, 5.74) is 7.48. The van der Waals surface area contributed by atoms with Crippen LogP contribution in [0.1, 0.15) is 44.1 Å². The average Bonchev–Trinajstić information content (AvgIpc) is 2.38. The summed E-state index contributed by atoms with van der Waals surface area (Å²) >= 11 is 5.54. The summed E-state index contributed by atoms with van der Waals surface area (Å²) in [4.78, 5) is 5.17. The van der Waals surface area contributed by atoms with E-state index in [-0.39, 0.29) is 5.54 Å². The van der Waals surface area contributed by atoms with Crippen LogP contribution in [-0.4, -0.2) is 15.4 Å². The van der Waals surface area contributed by atoms with Gasteiger partial charge in [-0.2, -0.15) is 0 Å². The molecule has 3 heteroatoms. The average molecular weight is 248 g/mol. The normalized spacial score (nSPS) is 18.9. The van der Waals surface area contributed by atoms with Crippen molar-refractivity contribution in [3.8, 4) is 0 Å². The summed E-state index contributed by atoms with van der Waals surface area (Å²) in [5.74, 6) is 0. The molecule has 0 saturated heterocycles. The van der Waals surface area contributed by atoms with Crippen molar-refractivity contribution in [2.24, 2.45) is 5.73 Å². The van der Waals surface area contributed by atoms with E-state index in [1.807, 2.05) is 12.3 Å². The maximum atomic E-state index is 6.41. The number of hydrogen-bond acceptors (Lipinski definition) is 3. The van der Waals surface area contributed by atoms with Crippen LogP contribution >= 0.6 is 12.2 Å². The minimum atomic E-state index is -0.171. The van der Waals surface area contributed by atoms with Crippen molar-refractivity contribution in [2.45, 2.75) is 50.5 Å². The fourth-order valence-corrected chi connectivity index (χ4v) is 2.82. The molecule has 2 rings (SSSR count). The topological polar surface area (TPSA) is 38.9 Å². The number of aryl methyl sites for hydroxylation is 1. The van der Waals surface area contributed by atoms with E-state index in [1.165, 1.54) is 24.8 Å². The Balaban J connectivity index is 1.88. The summed E-state index contributed by atoms with van der Waals surface area (Å²) in [6.07, 6.45) is 11.5. The SMILES string of the molecule is NC1(C(=S)CCc2cccnc2)CCCCC1. The van der Waals surface area contributed by atoms with E-state index in [2.05, 4.69) is 11.1 Å². The van der Waals surface area contributed by atoms with Crippen LogP contribution in [0.5, 0.6) is 0 Å². The molecule has 0 aromatic carbocycles. The lowest BCUT2D eigenvalue weighted by Gasteiger charge is -2.34. The summed E-state index contributed by atoms with van der Waals surface area (Å²) < 4.78 is 0. The zero-order valence-corrected chi connectivity index (χ0v) is 11.0. The molecule has 1 saturated carbocycles. The Labute approximate surface area is 109 Å². The molecule has 92 valence electrons. The van der Waals surface area contributed by atoms with E-state index in [4.69, 9.17) is 18.0 Å². The lowest BCUT2D eigenvalue weighted by Crippen LogP contribution is -2.48. The largest absolute Gasteiger partial charge is 0.321 e. The molecule has 0 spiro atoms. The first-order chi connectivity index (χ1) is 8.21. The number of aromatic nitrogens is 1. The molecular formula is C14H20N2S. The predicted octanol–water partition coefficient (Wildman–Crippen LogP) is 3.05. The molecule has 1 fully saturated rings. The Kier molecular flexibility index (Phi) is 4.24. The highest BCUT2D eigenvalue weighted by Crippen LogP contribution is 2.28. The third-order valence-corrected chi connectivity index (χ3v) is 4.28. The van der Waals surface area contributed by atoms with Crippen molar-refractivity contribution in [1.29, 1.82) is 0 Å². The summed E-state index contributed by atoms with van der Waals surface area (Å²) in [6, 6.07) is 4.07. The molecule has 1 aliphatic carbocycles. The predicted molar refractivity (Wildman–Crippen MR) is 75.2 cm³/mol. The molecule has 1 aliphatic rings. The minimum Gasteiger partial charge on any atom is -0.321 e. The van der Waals surface area contributed by atoms with Crippen LogP contribution < -0.4 is 5.73 Å². The van der Waals surface area contributed by atoms with Crippen molar-refractivity contribution < 1.29 is 0 Å². The number of rotatable bonds is 4. The third-order valence-electron chi connectivity index (χ3n) is 3.66. The highest BCUT2D eigenvalue weighted by atomic mass is 32.1. The minimum absolute atomic E-state index is 0.171. The Morgan fingerprint density at radius 3 is 2.76 bits per heavy atom. The number of pyridine rings is 1. The van der Waals surface area contributed by atoms with Crippen LogP contribution in [0, 0.1) is 0 Å². The van der Waals surface area contributed by atoms with Gasteiger partial charge >= 0.3 is 0 Å². The Morgan fingerprint density at radius 1 is 1.35 bits per heavy atom. The molecular weight excluding hydrogens is 228 g/mol. The first-order valence-electron chi connectivity index (χ1n) is 6.42. The molecule has 2 N–H and O–H groups in total. The van der Waals surface area contributed by atoms with Gasteiger partial charge in [-0.15, -0.1) is 0 Å². The molecule has 0 radical (unpaired) electrons. The van der Waals surface area contributed by atoms with Crippen molar-refractivity contribution in [1.82, 2.24) is 4.98 Å². The number of nitrogens with two attached hydrogens (primary N) is 1. The van der Waals surface area contributed by atoms with Gasteiger partial charge < -0.3 is 5.73 Å². The molecule has 0 aliphatic heterocycles. The zero-order chi connectivity index (χ0) is 12.1. The van der Waals surface area contributed by atoms with E-state index in [0.717, 1.165) is 30.5 Å². The van der Waals surface area contributed by atoms with E-state index in [0.29, 0.717) is 0 Å². The Morgan fingerprint density at radius 2 is 2.12 bits per heavy atom. The van der Waals surface area contributed by atoms with E-state index in [1.54, 1.807) is 6.20 Å². The Hall–Kier alpha value is -0.800. The molecule has 0 bridgehead atoms. The van der Waals surface area contributed by atoms with Crippen molar-refractivity contribution in [3.63, 3.8) is 0 Å². The lowest BCUT2D eigenvalue weighted by molar-refractivity contribution is 0.380. The summed E-state index contributed by atoms with van der Waals surface area (Å²) in [7, 11) is 0. The van der Waals surface area contributed by atoms with Crippen LogP contribution in [0.15, 0.2) is 24.5 Å². The van der Waals surface area contributed by atoms with E-state index < -0.39 is 0 Å². The first-order valence-corrected chi connectivity index (χ1v) is 6.83. The number of thiocarbonyl (C=S) groups is 1. The van der Waals surface area contributed by atoms with Gasteiger partial charge in [0.2, 0.25) is 0 Å². The van der Waals surface area contributed by atoms with Crippen LogP contribution in [-0.2, 0) is 6.42 Å². The fraction of sp³-hybridized carbons (Fsp3) is 0.571. The quantitative estimate of drug-likeness (QED) is 0.832. The second-order valence-corrected chi connectivity index (χ2v) is 5.49. The standard InChI is InChI=1S/C14H20N2S/c15-14(8-2-1-3-9-14)13(17)7-6-12-5-4-10-16-11-12/h4-5,10-11H,1-3,6-9,15H2. The molecule has 0 unspecified atom stereocenters. The molecule has 2 nitrogen and oxygen atoms in total. The van der Waals surface area contributed by atoms with E-state index >= 15 is 0 Å². The monoisotopic (exact) mass is 248 g/mol. The van der Waals surface area contributed by atoms with Crippen LogP contribution in [0.3, 0.4) is 0 Å². The molecule has 1 aromatic heterocycles. The van der Waals surface area contributed by atoms with Gasteiger partial charge in [-0.05, 0) is 37.3 Å². The van der Waals surface area contributed by atoms with Crippen LogP contribution in [0.25, 0.3) is 0 Å². The van der Waals surface area contributed by atoms with Gasteiger partial charge in [-0.25, -0.2) is 0 Å². The van der Waals surface area contributed by atoms with Gasteiger partial charge in [0, 0.05) is 22.8 Å². The maximum absolute atomic E-state index is 6.41. The summed E-state index contributed by atoms with van der Waals surface area (Å²) in [6.45, 7) is 0. The van der Waals surface area contributed by atoms with Gasteiger partial charge in [0.25, 0.3) is 0 Å². The zero-order valence-electron chi connectivity index (χ0n) is 10.2. The second kappa shape index (κ2) is 5.69. The Bertz CT molecular complexity index is 369. The highest BCUT2D eigenvalue weighted by Gasteiger charge is 2.31.